The first-order valence-electron chi connectivity index (χ1n) is 8.13. The summed E-state index contributed by atoms with van der Waals surface area (Å²) in [6, 6.07) is 11.3. The molecule has 5 nitrogen and oxygen atoms in total. The highest BCUT2D eigenvalue weighted by atomic mass is 16.1. The Morgan fingerprint density at radius 2 is 1.96 bits per heavy atom. The second kappa shape index (κ2) is 7.22. The van der Waals surface area contributed by atoms with Crippen molar-refractivity contribution in [3.63, 3.8) is 0 Å². The summed E-state index contributed by atoms with van der Waals surface area (Å²) >= 11 is 0. The van der Waals surface area contributed by atoms with Crippen LogP contribution in [0.25, 0.3) is 0 Å². The number of carbonyl (C=O) groups is 1. The number of nitrogens with one attached hydrogen (secondary N) is 1. The molecule has 1 aliphatic carbocycles. The van der Waals surface area contributed by atoms with Crippen LogP contribution in [0.3, 0.4) is 0 Å². The average Bonchev–Trinajstić information content (AvgIpc) is 2.56. The Hall–Kier alpha value is -2.43. The fraction of sp³-hybridized carbons (Fsp3) is 0.389. The number of fused-ring (bicyclic) bond motifs is 1. The number of hydrogen-bond donors (Lipinski definition) is 1. The van der Waals surface area contributed by atoms with Crippen LogP contribution in [0, 0.1) is 0 Å². The molecular formula is C18H21N3O2. The SMILES string of the molecule is O=C(Cc1ccccc1)NCCn1nc2c(cc1=O)CCCC2. The molecule has 0 aliphatic heterocycles. The minimum absolute atomic E-state index is 0.0396. The second-order valence-corrected chi connectivity index (χ2v) is 5.90. The van der Waals surface area contributed by atoms with Gasteiger partial charge in [0.05, 0.1) is 18.7 Å². The van der Waals surface area contributed by atoms with Crippen molar-refractivity contribution in [2.24, 2.45) is 0 Å². The molecule has 5 heteroatoms. The lowest BCUT2D eigenvalue weighted by Crippen LogP contribution is -2.33. The number of amides is 1. The zero-order valence-corrected chi connectivity index (χ0v) is 13.1. The maximum Gasteiger partial charge on any atom is 0.267 e. The molecule has 1 N–H and O–H groups in total. The quantitative estimate of drug-likeness (QED) is 0.910. The minimum Gasteiger partial charge on any atom is -0.354 e. The van der Waals surface area contributed by atoms with Crippen LogP contribution >= 0.6 is 0 Å². The molecule has 3 rings (SSSR count). The van der Waals surface area contributed by atoms with Crippen LogP contribution in [0.15, 0.2) is 41.2 Å². The van der Waals surface area contributed by atoms with Crippen LogP contribution in [0.5, 0.6) is 0 Å². The third kappa shape index (κ3) is 4.06. The molecule has 1 aliphatic rings. The number of hydrogen-bond acceptors (Lipinski definition) is 3. The van der Waals surface area contributed by atoms with E-state index in [1.54, 1.807) is 6.07 Å². The Morgan fingerprint density at radius 3 is 2.78 bits per heavy atom. The molecule has 1 amide bonds. The fourth-order valence-electron chi connectivity index (χ4n) is 2.91. The Morgan fingerprint density at radius 1 is 1.17 bits per heavy atom. The van der Waals surface area contributed by atoms with E-state index in [0.29, 0.717) is 19.5 Å². The van der Waals surface area contributed by atoms with Gasteiger partial charge in [0, 0.05) is 12.6 Å². The van der Waals surface area contributed by atoms with Gasteiger partial charge in [-0.05, 0) is 36.8 Å². The molecule has 0 atom stereocenters. The monoisotopic (exact) mass is 311 g/mol. The van der Waals surface area contributed by atoms with Crippen LogP contribution in [-0.2, 0) is 30.6 Å². The van der Waals surface area contributed by atoms with Gasteiger partial charge in [-0.3, -0.25) is 9.59 Å². The van der Waals surface area contributed by atoms with Crippen molar-refractivity contribution in [2.75, 3.05) is 6.54 Å². The van der Waals surface area contributed by atoms with E-state index in [2.05, 4.69) is 10.4 Å². The zero-order valence-electron chi connectivity index (χ0n) is 13.1. The second-order valence-electron chi connectivity index (χ2n) is 5.90. The van der Waals surface area contributed by atoms with Crippen molar-refractivity contribution in [1.29, 1.82) is 0 Å². The summed E-state index contributed by atoms with van der Waals surface area (Å²) < 4.78 is 1.47. The van der Waals surface area contributed by atoms with E-state index in [-0.39, 0.29) is 11.5 Å². The van der Waals surface area contributed by atoms with Gasteiger partial charge in [0.1, 0.15) is 0 Å². The van der Waals surface area contributed by atoms with Crippen LogP contribution in [0.1, 0.15) is 29.7 Å². The summed E-state index contributed by atoms with van der Waals surface area (Å²) in [6.45, 7) is 0.823. The summed E-state index contributed by atoms with van der Waals surface area (Å²) in [4.78, 5) is 23.9. The van der Waals surface area contributed by atoms with Crippen molar-refractivity contribution in [1.82, 2.24) is 15.1 Å². The number of rotatable bonds is 5. The molecule has 120 valence electrons. The smallest absolute Gasteiger partial charge is 0.267 e. The lowest BCUT2D eigenvalue weighted by molar-refractivity contribution is -0.120. The Labute approximate surface area is 135 Å². The molecule has 0 spiro atoms. The first-order chi connectivity index (χ1) is 11.2. The maximum absolute atomic E-state index is 12.0. The average molecular weight is 311 g/mol. The first kappa shape index (κ1) is 15.5. The summed E-state index contributed by atoms with van der Waals surface area (Å²) in [5.74, 6) is -0.0396. The molecule has 0 radical (unpaired) electrons. The third-order valence-corrected chi connectivity index (χ3v) is 4.13. The molecule has 0 saturated carbocycles. The molecular weight excluding hydrogens is 290 g/mol. The van der Waals surface area contributed by atoms with Gasteiger partial charge in [0.25, 0.3) is 5.56 Å². The van der Waals surface area contributed by atoms with Crippen LogP contribution in [-0.4, -0.2) is 22.2 Å². The Balaban J connectivity index is 1.54. The molecule has 23 heavy (non-hydrogen) atoms. The van der Waals surface area contributed by atoms with Crippen molar-refractivity contribution < 1.29 is 4.79 Å². The predicted octanol–water partition coefficient (Wildman–Crippen LogP) is 1.48. The van der Waals surface area contributed by atoms with E-state index >= 15 is 0 Å². The zero-order chi connectivity index (χ0) is 16.1. The van der Waals surface area contributed by atoms with E-state index in [1.165, 1.54) is 4.68 Å². The molecule has 0 bridgehead atoms. The number of carbonyl (C=O) groups excluding carboxylic acids is 1. The van der Waals surface area contributed by atoms with Crippen LogP contribution in [0.4, 0.5) is 0 Å². The van der Waals surface area contributed by atoms with E-state index in [0.717, 1.165) is 42.5 Å². The topological polar surface area (TPSA) is 64.0 Å². The standard InChI is InChI=1S/C18H21N3O2/c22-17(12-14-6-2-1-3-7-14)19-10-11-21-18(23)13-15-8-4-5-9-16(15)20-21/h1-3,6-7,13H,4-5,8-12H2,(H,19,22). The lowest BCUT2D eigenvalue weighted by atomic mass is 9.97. The fourth-order valence-corrected chi connectivity index (χ4v) is 2.91. The van der Waals surface area contributed by atoms with Gasteiger partial charge in [-0.25, -0.2) is 4.68 Å². The van der Waals surface area contributed by atoms with E-state index in [1.807, 2.05) is 30.3 Å². The normalized spacial score (nSPS) is 13.4. The largest absolute Gasteiger partial charge is 0.354 e. The first-order valence-corrected chi connectivity index (χ1v) is 8.13. The molecule has 2 aromatic rings. The van der Waals surface area contributed by atoms with Gasteiger partial charge in [-0.15, -0.1) is 0 Å². The summed E-state index contributed by atoms with van der Waals surface area (Å²) in [5, 5.41) is 7.29. The van der Waals surface area contributed by atoms with Gasteiger partial charge in [0.15, 0.2) is 0 Å². The van der Waals surface area contributed by atoms with E-state index in [9.17, 15) is 9.59 Å². The predicted molar refractivity (Wildman–Crippen MR) is 88.3 cm³/mol. The number of aromatic nitrogens is 2. The lowest BCUT2D eigenvalue weighted by Gasteiger charge is -2.16. The molecule has 0 saturated heterocycles. The van der Waals surface area contributed by atoms with Crippen LogP contribution < -0.4 is 10.9 Å². The number of aryl methyl sites for hydroxylation is 2. The highest BCUT2D eigenvalue weighted by Crippen LogP contribution is 2.16. The van der Waals surface area contributed by atoms with Gasteiger partial charge < -0.3 is 5.32 Å². The summed E-state index contributed by atoms with van der Waals surface area (Å²) in [5.41, 5.74) is 3.02. The maximum atomic E-state index is 12.0. The minimum atomic E-state index is -0.0806. The number of nitrogens with zero attached hydrogens (tertiary/aromatic N) is 2. The van der Waals surface area contributed by atoms with E-state index < -0.39 is 0 Å². The van der Waals surface area contributed by atoms with Crippen molar-refractivity contribution in [3.8, 4) is 0 Å². The van der Waals surface area contributed by atoms with Crippen molar-refractivity contribution >= 4 is 5.91 Å². The molecule has 0 fully saturated rings. The van der Waals surface area contributed by atoms with E-state index in [4.69, 9.17) is 0 Å². The van der Waals surface area contributed by atoms with Crippen LogP contribution in [0.2, 0.25) is 0 Å². The van der Waals surface area contributed by atoms with Gasteiger partial charge in [0.2, 0.25) is 5.91 Å². The molecule has 1 aromatic heterocycles. The molecule has 0 unspecified atom stereocenters. The third-order valence-electron chi connectivity index (χ3n) is 4.13. The highest BCUT2D eigenvalue weighted by Gasteiger charge is 2.13. The van der Waals surface area contributed by atoms with Crippen molar-refractivity contribution in [3.05, 3.63) is 63.6 Å². The van der Waals surface area contributed by atoms with Gasteiger partial charge in [-0.1, -0.05) is 30.3 Å². The van der Waals surface area contributed by atoms with Crippen molar-refractivity contribution in [2.45, 2.75) is 38.6 Å². The summed E-state index contributed by atoms with van der Waals surface area (Å²) in [7, 11) is 0. The van der Waals surface area contributed by atoms with Gasteiger partial charge in [-0.2, -0.15) is 5.10 Å². The highest BCUT2D eigenvalue weighted by molar-refractivity contribution is 5.78. The number of benzene rings is 1. The van der Waals surface area contributed by atoms with Gasteiger partial charge >= 0.3 is 0 Å². The summed E-state index contributed by atoms with van der Waals surface area (Å²) in [6.07, 6.45) is 4.51. The molecule has 1 aromatic carbocycles. The Kier molecular flexibility index (Phi) is 4.86. The molecule has 1 heterocycles. The Bertz CT molecular complexity index is 738.